The Morgan fingerprint density at radius 1 is 0.880 bits per heavy atom. The third-order valence-electron chi connectivity index (χ3n) is 5.46. The molecule has 1 aliphatic heterocycles. The van der Waals surface area contributed by atoms with Crippen LogP contribution in [0.25, 0.3) is 11.1 Å². The first kappa shape index (κ1) is 18.3. The van der Waals surface area contributed by atoms with E-state index in [1.165, 1.54) is 67.9 Å². The second-order valence-corrected chi connectivity index (χ2v) is 10.2. The van der Waals surface area contributed by atoms with Gasteiger partial charge in [0.25, 0.3) is 0 Å². The summed E-state index contributed by atoms with van der Waals surface area (Å²) >= 11 is 0. The molecule has 25 heavy (non-hydrogen) atoms. The molecule has 1 heterocycles. The van der Waals surface area contributed by atoms with Gasteiger partial charge < -0.3 is 0 Å². The van der Waals surface area contributed by atoms with Crippen LogP contribution in [-0.4, -0.2) is 8.80 Å². The molecule has 1 aliphatic rings. The molecule has 0 nitrogen and oxygen atoms in total. The van der Waals surface area contributed by atoms with Crippen molar-refractivity contribution >= 4 is 8.80 Å². The van der Waals surface area contributed by atoms with Crippen molar-refractivity contribution in [1.82, 2.24) is 0 Å². The Morgan fingerprint density at radius 2 is 1.56 bits per heavy atom. The van der Waals surface area contributed by atoms with Crippen molar-refractivity contribution in [1.29, 1.82) is 0 Å². The maximum absolute atomic E-state index is 13.4. The third kappa shape index (κ3) is 4.78. The topological polar surface area (TPSA) is 0 Å². The minimum absolute atomic E-state index is 0.0966. The molecule has 3 rings (SSSR count). The first-order valence-electron chi connectivity index (χ1n) is 9.56. The molecule has 2 aromatic carbocycles. The van der Waals surface area contributed by atoms with E-state index in [4.69, 9.17) is 0 Å². The van der Waals surface area contributed by atoms with Crippen LogP contribution in [0.1, 0.15) is 50.5 Å². The number of halogens is 2. The van der Waals surface area contributed by atoms with Crippen LogP contribution in [0.15, 0.2) is 42.5 Å². The Balaban J connectivity index is 1.59. The molecule has 0 aromatic heterocycles. The van der Waals surface area contributed by atoms with Gasteiger partial charge in [-0.1, -0.05) is 74.7 Å². The smallest absolute Gasteiger partial charge is 0.159 e. The minimum Gasteiger partial charge on any atom is -0.204 e. The normalized spacial score (nSPS) is 16.3. The summed E-state index contributed by atoms with van der Waals surface area (Å²) in [6.45, 7) is 2.28. The van der Waals surface area contributed by atoms with Gasteiger partial charge in [-0.05, 0) is 47.6 Å². The molecule has 1 saturated heterocycles. The monoisotopic (exact) mass is 357 g/mol. The average Bonchev–Trinajstić information content (AvgIpc) is 2.65. The highest BCUT2D eigenvalue weighted by Gasteiger charge is 2.23. The molecule has 133 valence electrons. The number of hydrogen-bond donors (Lipinski definition) is 0. The minimum atomic E-state index is -0.792. The van der Waals surface area contributed by atoms with Gasteiger partial charge in [0.2, 0.25) is 0 Å². The first-order chi connectivity index (χ1) is 12.2. The van der Waals surface area contributed by atoms with E-state index in [9.17, 15) is 8.78 Å². The molecule has 1 radical (unpaired) electrons. The summed E-state index contributed by atoms with van der Waals surface area (Å²) in [4.78, 5) is 0. The summed E-state index contributed by atoms with van der Waals surface area (Å²) in [5.41, 5.74) is 3.08. The number of rotatable bonds is 6. The highest BCUT2D eigenvalue weighted by atomic mass is 28.3. The quantitative estimate of drug-likeness (QED) is 0.379. The van der Waals surface area contributed by atoms with Gasteiger partial charge in [0.05, 0.1) is 0 Å². The SMILES string of the molecule is CCCCC[Si]1CCC(c2ccc(-c3ccc(F)c(F)c3)cc2)CC1. The summed E-state index contributed by atoms with van der Waals surface area (Å²) in [6.07, 6.45) is 6.79. The molecule has 0 aliphatic carbocycles. The van der Waals surface area contributed by atoms with Crippen LogP contribution in [0.2, 0.25) is 18.1 Å². The molecule has 0 spiro atoms. The van der Waals surface area contributed by atoms with Crippen LogP contribution in [-0.2, 0) is 0 Å². The molecule has 3 heteroatoms. The van der Waals surface area contributed by atoms with E-state index in [1.807, 2.05) is 12.1 Å². The predicted molar refractivity (Wildman–Crippen MR) is 103 cm³/mol. The van der Waals surface area contributed by atoms with E-state index in [0.29, 0.717) is 5.92 Å². The average molecular weight is 358 g/mol. The van der Waals surface area contributed by atoms with E-state index in [1.54, 1.807) is 6.07 Å². The lowest BCUT2D eigenvalue weighted by Crippen LogP contribution is -2.20. The van der Waals surface area contributed by atoms with Gasteiger partial charge in [0, 0.05) is 8.80 Å². The number of hydrogen-bond acceptors (Lipinski definition) is 0. The van der Waals surface area contributed by atoms with E-state index in [2.05, 4.69) is 19.1 Å². The highest BCUT2D eigenvalue weighted by molar-refractivity contribution is 6.59. The van der Waals surface area contributed by atoms with Gasteiger partial charge >= 0.3 is 0 Å². The van der Waals surface area contributed by atoms with Crippen molar-refractivity contribution in [3.63, 3.8) is 0 Å². The van der Waals surface area contributed by atoms with Crippen LogP contribution < -0.4 is 0 Å². The lowest BCUT2D eigenvalue weighted by atomic mass is 9.92. The number of unbranched alkanes of at least 4 members (excludes halogenated alkanes) is 2. The van der Waals surface area contributed by atoms with Crippen LogP contribution in [0, 0.1) is 11.6 Å². The molecule has 2 aromatic rings. The second-order valence-electron chi connectivity index (χ2n) is 7.23. The van der Waals surface area contributed by atoms with Crippen LogP contribution in [0.4, 0.5) is 8.78 Å². The molecular weight excluding hydrogens is 330 g/mol. The van der Waals surface area contributed by atoms with Crippen molar-refractivity contribution in [2.75, 3.05) is 0 Å². The highest BCUT2D eigenvalue weighted by Crippen LogP contribution is 2.36. The molecule has 0 amide bonds. The van der Waals surface area contributed by atoms with E-state index < -0.39 is 11.6 Å². The fourth-order valence-corrected chi connectivity index (χ4v) is 6.87. The molecular formula is C22H27F2Si. The van der Waals surface area contributed by atoms with Crippen LogP contribution in [0.3, 0.4) is 0 Å². The Hall–Kier alpha value is -1.48. The lowest BCUT2D eigenvalue weighted by Gasteiger charge is -2.28. The molecule has 0 unspecified atom stereocenters. The zero-order valence-electron chi connectivity index (χ0n) is 15.0. The van der Waals surface area contributed by atoms with Crippen LogP contribution >= 0.6 is 0 Å². The van der Waals surface area contributed by atoms with Crippen molar-refractivity contribution < 1.29 is 8.78 Å². The Bertz CT molecular complexity index is 673. The predicted octanol–water partition coefficient (Wildman–Crippen LogP) is 7.19. The van der Waals surface area contributed by atoms with Crippen molar-refractivity contribution in [2.45, 2.75) is 63.1 Å². The van der Waals surface area contributed by atoms with Gasteiger partial charge in [-0.2, -0.15) is 0 Å². The molecule has 0 N–H and O–H groups in total. The van der Waals surface area contributed by atoms with Crippen molar-refractivity contribution in [2.24, 2.45) is 0 Å². The Kier molecular flexibility index (Phi) is 6.41. The third-order valence-corrected chi connectivity index (χ3v) is 8.51. The van der Waals surface area contributed by atoms with E-state index >= 15 is 0 Å². The summed E-state index contributed by atoms with van der Waals surface area (Å²) in [7, 11) is -0.0966. The van der Waals surface area contributed by atoms with Crippen molar-refractivity contribution in [3.8, 4) is 11.1 Å². The van der Waals surface area contributed by atoms with E-state index in [0.717, 1.165) is 11.1 Å². The van der Waals surface area contributed by atoms with Gasteiger partial charge in [-0.15, -0.1) is 0 Å². The summed E-state index contributed by atoms with van der Waals surface area (Å²) in [6, 6.07) is 16.9. The van der Waals surface area contributed by atoms with Crippen molar-refractivity contribution in [3.05, 3.63) is 59.7 Å². The van der Waals surface area contributed by atoms with Gasteiger partial charge in [0.15, 0.2) is 11.6 Å². The Labute approximate surface area is 151 Å². The first-order valence-corrected chi connectivity index (χ1v) is 11.7. The summed E-state index contributed by atoms with van der Waals surface area (Å²) in [5, 5.41) is 0. The summed E-state index contributed by atoms with van der Waals surface area (Å²) in [5.74, 6) is -0.898. The molecule has 0 saturated carbocycles. The van der Waals surface area contributed by atoms with Gasteiger partial charge in [-0.25, -0.2) is 8.78 Å². The maximum atomic E-state index is 13.4. The molecule has 0 atom stereocenters. The summed E-state index contributed by atoms with van der Waals surface area (Å²) < 4.78 is 26.5. The largest absolute Gasteiger partial charge is 0.204 e. The Morgan fingerprint density at radius 3 is 2.20 bits per heavy atom. The standard InChI is InChI=1S/C22H27F2Si/c1-2-3-4-13-25-14-11-19(12-15-25)17-5-7-18(8-6-17)20-9-10-21(23)22(24)16-20/h5-10,16,19H,2-4,11-15H2,1H3. The zero-order valence-corrected chi connectivity index (χ0v) is 16.0. The number of benzene rings is 2. The zero-order chi connectivity index (χ0) is 17.6. The fraction of sp³-hybridized carbons (Fsp3) is 0.455. The van der Waals surface area contributed by atoms with Gasteiger partial charge in [0.1, 0.15) is 0 Å². The molecule has 1 fully saturated rings. The lowest BCUT2D eigenvalue weighted by molar-refractivity contribution is 0.509. The maximum Gasteiger partial charge on any atom is 0.159 e. The molecule has 0 bridgehead atoms. The van der Waals surface area contributed by atoms with Crippen LogP contribution in [0.5, 0.6) is 0 Å². The van der Waals surface area contributed by atoms with E-state index in [-0.39, 0.29) is 8.80 Å². The van der Waals surface area contributed by atoms with Gasteiger partial charge in [-0.3, -0.25) is 0 Å². The fourth-order valence-electron chi connectivity index (χ4n) is 3.86. The second kappa shape index (κ2) is 8.75.